The average molecular weight is 473 g/mol. The first-order valence-corrected chi connectivity index (χ1v) is 14.6. The van der Waals surface area contributed by atoms with Crippen molar-refractivity contribution in [3.63, 3.8) is 0 Å². The molecule has 0 radical (unpaired) electrons. The molecule has 1 unspecified atom stereocenters. The quantitative estimate of drug-likeness (QED) is 0.391. The molecular weight excluding hydrogens is 446 g/mol. The topological polar surface area (TPSA) is 9.23 Å². The number of allylic oxidation sites excluding steroid dienone is 5. The first kappa shape index (κ1) is 23.1. The Kier molecular flexibility index (Phi) is 9.64. The third kappa shape index (κ3) is 6.63. The largest absolute Gasteiger partial charge is 1.00 e. The molecule has 3 rings (SSSR count). The summed E-state index contributed by atoms with van der Waals surface area (Å²) >= 11 is -0.575. The number of fused-ring (bicyclic) bond motifs is 1. The first-order valence-electron chi connectivity index (χ1n) is 8.59. The van der Waals surface area contributed by atoms with Gasteiger partial charge in [-0.25, -0.2) is 0 Å². The van der Waals surface area contributed by atoms with Crippen LogP contribution < -0.4 is 24.8 Å². The Hall–Kier alpha value is 0.0800. The summed E-state index contributed by atoms with van der Waals surface area (Å²) in [6.45, 7) is 7.74. The molecule has 134 valence electrons. The second-order valence-electron chi connectivity index (χ2n) is 7.28. The molecule has 2 aliphatic rings. The summed E-state index contributed by atoms with van der Waals surface area (Å²) in [7, 11) is -1.35. The molecular formula is C20H26Cl2OSiZr. The minimum absolute atomic E-state index is 0. The molecule has 0 amide bonds. The summed E-state index contributed by atoms with van der Waals surface area (Å²) in [5.74, 6) is 0. The molecule has 1 aromatic carbocycles. The van der Waals surface area contributed by atoms with Gasteiger partial charge in [-0.05, 0) is 0 Å². The van der Waals surface area contributed by atoms with Gasteiger partial charge in [-0.1, -0.05) is 0 Å². The van der Waals surface area contributed by atoms with Crippen LogP contribution in [0.15, 0.2) is 51.3 Å². The minimum atomic E-state index is -1.35. The van der Waals surface area contributed by atoms with Gasteiger partial charge >= 0.3 is 154 Å². The normalized spacial score (nSPS) is 17.8. The molecule has 0 heterocycles. The molecule has 0 N–H and O–H groups in total. The molecule has 5 heteroatoms. The van der Waals surface area contributed by atoms with Crippen LogP contribution in [0.5, 0.6) is 0 Å². The fourth-order valence-electron chi connectivity index (χ4n) is 3.14. The summed E-state index contributed by atoms with van der Waals surface area (Å²) in [4.78, 5) is 0. The van der Waals surface area contributed by atoms with Crippen molar-refractivity contribution in [1.29, 1.82) is 0 Å². The third-order valence-electron chi connectivity index (χ3n) is 4.28. The van der Waals surface area contributed by atoms with Crippen LogP contribution >= 0.6 is 0 Å². The predicted octanol–water partition coefficient (Wildman–Crippen LogP) is -0.309. The fourth-order valence-corrected chi connectivity index (χ4v) is 7.87. The monoisotopic (exact) mass is 470 g/mol. The maximum atomic E-state index is 6.00. The fraction of sp³-hybridized carbons (Fsp3) is 0.400. The van der Waals surface area contributed by atoms with Gasteiger partial charge in [-0.3, -0.25) is 0 Å². The molecule has 0 aliphatic heterocycles. The van der Waals surface area contributed by atoms with E-state index < -0.39 is 31.6 Å². The zero-order valence-corrected chi connectivity index (χ0v) is 20.2. The summed E-state index contributed by atoms with van der Waals surface area (Å²) in [6.07, 6.45) is 13.1. The Morgan fingerprint density at radius 3 is 2.64 bits per heavy atom. The minimum Gasteiger partial charge on any atom is -1.00 e. The Morgan fingerprint density at radius 1 is 1.12 bits per heavy atom. The van der Waals surface area contributed by atoms with Crippen molar-refractivity contribution in [3.05, 3.63) is 62.5 Å². The molecule has 1 atom stereocenters. The molecule has 0 spiro atoms. The smallest absolute Gasteiger partial charge is 1.00 e. The van der Waals surface area contributed by atoms with E-state index >= 15 is 0 Å². The molecule has 1 aromatic rings. The number of benzene rings is 1. The van der Waals surface area contributed by atoms with Crippen LogP contribution in [0.4, 0.5) is 0 Å². The van der Waals surface area contributed by atoms with Crippen LogP contribution in [0.25, 0.3) is 6.08 Å². The van der Waals surface area contributed by atoms with E-state index in [0.717, 1.165) is 10.2 Å². The second-order valence-corrected chi connectivity index (χ2v) is 15.5. The Bertz CT molecular complexity index is 662. The van der Waals surface area contributed by atoms with Gasteiger partial charge < -0.3 is 24.8 Å². The molecule has 0 bridgehead atoms. The van der Waals surface area contributed by atoms with Crippen LogP contribution in [0.2, 0.25) is 19.6 Å². The van der Waals surface area contributed by atoms with Crippen molar-refractivity contribution in [3.8, 4) is 0 Å². The zero-order valence-electron chi connectivity index (χ0n) is 15.2. The van der Waals surface area contributed by atoms with E-state index in [9.17, 15) is 0 Å². The summed E-state index contributed by atoms with van der Waals surface area (Å²) in [5, 5.41) is 0. The Morgan fingerprint density at radius 2 is 1.88 bits per heavy atom. The van der Waals surface area contributed by atoms with Crippen molar-refractivity contribution >= 4 is 14.4 Å². The third-order valence-corrected chi connectivity index (χ3v) is 9.50. The van der Waals surface area contributed by atoms with E-state index in [1.165, 1.54) is 24.8 Å². The summed E-state index contributed by atoms with van der Waals surface area (Å²) < 4.78 is 8.53. The van der Waals surface area contributed by atoms with Crippen LogP contribution in [-0.4, -0.2) is 14.9 Å². The van der Waals surface area contributed by atoms with Gasteiger partial charge in [0.15, 0.2) is 0 Å². The van der Waals surface area contributed by atoms with E-state index in [0.29, 0.717) is 0 Å². The average Bonchev–Trinajstić information content (AvgIpc) is 3.11. The number of rotatable bonds is 7. The SMILES string of the molecule is C[Si](C)(C)OCCCC1=[C]([Zr+2][CH]2C=Cc3ccccc32)CC=C1.[Cl-].[Cl-]. The Labute approximate surface area is 177 Å². The Balaban J connectivity index is 0.00000156. The van der Waals surface area contributed by atoms with Crippen molar-refractivity contribution < 1.29 is 52.5 Å². The van der Waals surface area contributed by atoms with Gasteiger partial charge in [0.1, 0.15) is 0 Å². The van der Waals surface area contributed by atoms with E-state index in [-0.39, 0.29) is 24.8 Å². The van der Waals surface area contributed by atoms with Gasteiger partial charge in [0, 0.05) is 0 Å². The zero-order chi connectivity index (χ0) is 16.3. The van der Waals surface area contributed by atoms with Gasteiger partial charge in [-0.15, -0.1) is 0 Å². The molecule has 2 aliphatic carbocycles. The van der Waals surface area contributed by atoms with Crippen molar-refractivity contribution in [2.24, 2.45) is 0 Å². The van der Waals surface area contributed by atoms with Gasteiger partial charge in [0.2, 0.25) is 0 Å². The van der Waals surface area contributed by atoms with E-state index in [1.54, 1.807) is 14.4 Å². The number of hydrogen-bond acceptors (Lipinski definition) is 1. The predicted molar refractivity (Wildman–Crippen MR) is 97.5 cm³/mol. The van der Waals surface area contributed by atoms with Gasteiger partial charge in [0.05, 0.1) is 0 Å². The maximum Gasteiger partial charge on any atom is -1.00 e. The van der Waals surface area contributed by atoms with Crippen LogP contribution in [0.1, 0.15) is 34.0 Å². The van der Waals surface area contributed by atoms with Crippen molar-refractivity contribution in [1.82, 2.24) is 0 Å². The molecule has 0 saturated heterocycles. The molecule has 0 fully saturated rings. The summed E-state index contributed by atoms with van der Waals surface area (Å²) in [6, 6.07) is 8.91. The molecule has 0 saturated carbocycles. The summed E-state index contributed by atoms with van der Waals surface area (Å²) in [5.41, 5.74) is 4.64. The first-order chi connectivity index (χ1) is 11.0. The molecule has 0 aromatic heterocycles. The van der Waals surface area contributed by atoms with Gasteiger partial charge in [-0.2, -0.15) is 0 Å². The maximum absolute atomic E-state index is 6.00. The number of hydrogen-bond donors (Lipinski definition) is 0. The van der Waals surface area contributed by atoms with Crippen molar-refractivity contribution in [2.45, 2.75) is 42.5 Å². The van der Waals surface area contributed by atoms with E-state index in [2.05, 4.69) is 68.2 Å². The van der Waals surface area contributed by atoms with Crippen molar-refractivity contribution in [2.75, 3.05) is 6.61 Å². The van der Waals surface area contributed by atoms with Crippen LogP contribution in [0.3, 0.4) is 0 Å². The van der Waals surface area contributed by atoms with E-state index in [4.69, 9.17) is 4.43 Å². The second kappa shape index (κ2) is 10.4. The van der Waals surface area contributed by atoms with Crippen LogP contribution in [0, 0.1) is 0 Å². The molecule has 25 heavy (non-hydrogen) atoms. The number of halogens is 2. The van der Waals surface area contributed by atoms with Crippen LogP contribution in [-0.2, 0) is 27.7 Å². The van der Waals surface area contributed by atoms with E-state index in [1.807, 2.05) is 0 Å². The van der Waals surface area contributed by atoms with Gasteiger partial charge in [0.25, 0.3) is 0 Å². The standard InChI is InChI=1S/C11H19OSi.C9H7.2ClH.Zr/c1-13(2,3)12-10-6-9-11-7-4-5-8-11;1-2-5-9-7-3-6-8(9)4-1;;;/h4,7H,5-6,9-10H2,1-3H3;1-7H;2*1H;/q;;;;+2/p-2. The molecule has 1 nitrogen and oxygen atoms in total.